The monoisotopic (exact) mass is 619 g/mol. The molecule has 3 heterocycles. The van der Waals surface area contributed by atoms with Crippen molar-refractivity contribution in [2.75, 3.05) is 32.7 Å². The lowest BCUT2D eigenvalue weighted by molar-refractivity contribution is -0.0125. The lowest BCUT2D eigenvalue weighted by Gasteiger charge is -2.38. The number of Topliss-reactive ketones (excluding diaryl/α,β-unsaturated/α-hetero) is 2. The van der Waals surface area contributed by atoms with Crippen LogP contribution < -0.4 is 0 Å². The number of carbonyl (C=O) groups excluding carboxylic acids is 3. The molecule has 0 aromatic heterocycles. The van der Waals surface area contributed by atoms with Gasteiger partial charge in [0, 0.05) is 74.7 Å². The van der Waals surface area contributed by atoms with Crippen molar-refractivity contribution in [1.82, 2.24) is 14.7 Å². The third-order valence-corrected chi connectivity index (χ3v) is 9.83. The smallest absolute Gasteiger partial charge is 0.253 e. The number of hydrogen-bond donors (Lipinski definition) is 0. The first-order chi connectivity index (χ1) is 22.2. The van der Waals surface area contributed by atoms with Gasteiger partial charge in [-0.3, -0.25) is 19.3 Å². The van der Waals surface area contributed by atoms with Gasteiger partial charge >= 0.3 is 0 Å². The Morgan fingerprint density at radius 2 is 1.30 bits per heavy atom. The van der Waals surface area contributed by atoms with Crippen LogP contribution >= 0.6 is 0 Å². The standard InChI is InChI=1S/C39H45N3O4/c1-28(2)38-42(27-39(46-38)19-23-40(24-20-39)25-30-9-13-32(14-10-30)29(3)43)26-31-11-15-35(16-12-31)37(45)41-21-17-34(18-22-41)36(44)33-7-5-4-6-8-33/h4-16,34H,17-27H2,1-3H3. The summed E-state index contributed by atoms with van der Waals surface area (Å²) in [4.78, 5) is 44.5. The van der Waals surface area contributed by atoms with Gasteiger partial charge < -0.3 is 14.5 Å². The van der Waals surface area contributed by atoms with E-state index in [1.165, 1.54) is 11.1 Å². The van der Waals surface area contributed by atoms with E-state index in [1.807, 2.05) is 59.5 Å². The largest absolute Gasteiger partial charge is 0.471 e. The first-order valence-corrected chi connectivity index (χ1v) is 16.6. The van der Waals surface area contributed by atoms with Gasteiger partial charge in [-0.25, -0.2) is 0 Å². The fraction of sp³-hybridized carbons (Fsp3) is 0.410. The van der Waals surface area contributed by atoms with E-state index in [0.29, 0.717) is 31.5 Å². The molecule has 3 aromatic carbocycles. The van der Waals surface area contributed by atoms with Crippen LogP contribution in [0.3, 0.4) is 0 Å². The van der Waals surface area contributed by atoms with E-state index in [2.05, 4.69) is 47.9 Å². The van der Waals surface area contributed by atoms with Crippen LogP contribution in [0.25, 0.3) is 0 Å². The van der Waals surface area contributed by atoms with Crippen LogP contribution in [0, 0.1) is 5.92 Å². The van der Waals surface area contributed by atoms with Crippen LogP contribution in [0.5, 0.6) is 0 Å². The molecule has 46 heavy (non-hydrogen) atoms. The third-order valence-electron chi connectivity index (χ3n) is 9.83. The van der Waals surface area contributed by atoms with Crippen molar-refractivity contribution in [3.63, 3.8) is 0 Å². The summed E-state index contributed by atoms with van der Waals surface area (Å²) in [5, 5.41) is 0. The summed E-state index contributed by atoms with van der Waals surface area (Å²) >= 11 is 0. The van der Waals surface area contributed by atoms with Gasteiger partial charge in [0.2, 0.25) is 0 Å². The Morgan fingerprint density at radius 1 is 0.717 bits per heavy atom. The molecule has 3 saturated heterocycles. The van der Waals surface area contributed by atoms with E-state index >= 15 is 0 Å². The maximum absolute atomic E-state index is 13.3. The van der Waals surface area contributed by atoms with Gasteiger partial charge in [-0.15, -0.1) is 0 Å². The van der Waals surface area contributed by atoms with E-state index < -0.39 is 0 Å². The maximum atomic E-state index is 13.3. The van der Waals surface area contributed by atoms with Crippen LogP contribution in [-0.2, 0) is 17.8 Å². The molecule has 3 aliphatic heterocycles. The number of rotatable bonds is 8. The van der Waals surface area contributed by atoms with Gasteiger partial charge in [0.25, 0.3) is 5.91 Å². The highest BCUT2D eigenvalue weighted by Gasteiger charge is 2.45. The molecular weight excluding hydrogens is 574 g/mol. The van der Waals surface area contributed by atoms with E-state index in [4.69, 9.17) is 4.74 Å². The lowest BCUT2D eigenvalue weighted by Crippen LogP contribution is -2.46. The molecular formula is C39H45N3O4. The highest BCUT2D eigenvalue weighted by atomic mass is 16.5. The fourth-order valence-electron chi connectivity index (χ4n) is 7.09. The number of carbonyl (C=O) groups is 3. The van der Waals surface area contributed by atoms with Crippen LogP contribution in [-0.4, -0.2) is 70.5 Å². The molecule has 0 radical (unpaired) electrons. The molecule has 6 rings (SSSR count). The molecule has 0 unspecified atom stereocenters. The molecule has 1 spiro atoms. The topological polar surface area (TPSA) is 70.2 Å². The second-order valence-corrected chi connectivity index (χ2v) is 13.5. The number of likely N-dealkylation sites (tertiary alicyclic amines) is 2. The minimum absolute atomic E-state index is 0.0256. The SMILES string of the molecule is CC(=O)c1ccc(CN2CCC3(CC2)CN(Cc2ccc(C(=O)N4CCC(C(=O)c5ccccc5)CC4)cc2)C(=C(C)C)O3)cc1. The summed E-state index contributed by atoms with van der Waals surface area (Å²) in [6.07, 6.45) is 3.33. The van der Waals surface area contributed by atoms with Crippen LogP contribution in [0.2, 0.25) is 0 Å². The van der Waals surface area contributed by atoms with Crippen molar-refractivity contribution >= 4 is 17.5 Å². The molecule has 0 atom stereocenters. The molecule has 3 fully saturated rings. The number of allylic oxidation sites excluding steroid dienone is 1. The molecule has 240 valence electrons. The summed E-state index contributed by atoms with van der Waals surface area (Å²) in [5.41, 5.74) is 5.56. The van der Waals surface area contributed by atoms with Crippen LogP contribution in [0.4, 0.5) is 0 Å². The van der Waals surface area contributed by atoms with Crippen molar-refractivity contribution in [3.8, 4) is 0 Å². The van der Waals surface area contributed by atoms with E-state index in [-0.39, 0.29) is 29.0 Å². The van der Waals surface area contributed by atoms with Gasteiger partial charge in [0.05, 0.1) is 6.54 Å². The van der Waals surface area contributed by atoms with Gasteiger partial charge in [-0.2, -0.15) is 0 Å². The van der Waals surface area contributed by atoms with E-state index in [0.717, 1.165) is 68.1 Å². The zero-order valence-corrected chi connectivity index (χ0v) is 27.3. The molecule has 0 N–H and O–H groups in total. The second kappa shape index (κ2) is 13.6. The van der Waals surface area contributed by atoms with E-state index in [1.54, 1.807) is 6.92 Å². The zero-order chi connectivity index (χ0) is 32.3. The Kier molecular flexibility index (Phi) is 9.41. The van der Waals surface area contributed by atoms with E-state index in [9.17, 15) is 14.4 Å². The van der Waals surface area contributed by atoms with Crippen LogP contribution in [0.15, 0.2) is 90.3 Å². The highest BCUT2D eigenvalue weighted by Crippen LogP contribution is 2.39. The van der Waals surface area contributed by atoms with Crippen molar-refractivity contribution in [2.45, 2.75) is 65.1 Å². The quantitative estimate of drug-likeness (QED) is 0.260. The zero-order valence-electron chi connectivity index (χ0n) is 27.3. The number of ketones is 2. The number of hydrogen-bond acceptors (Lipinski definition) is 6. The Labute approximate surface area is 272 Å². The maximum Gasteiger partial charge on any atom is 0.253 e. The predicted molar refractivity (Wildman–Crippen MR) is 179 cm³/mol. The molecule has 3 aliphatic rings. The number of ether oxygens (including phenoxy) is 1. The first kappa shape index (κ1) is 31.7. The molecule has 7 nitrogen and oxygen atoms in total. The van der Waals surface area contributed by atoms with Crippen molar-refractivity contribution in [1.29, 1.82) is 0 Å². The van der Waals surface area contributed by atoms with Crippen molar-refractivity contribution < 1.29 is 19.1 Å². The highest BCUT2D eigenvalue weighted by molar-refractivity contribution is 5.98. The number of amides is 1. The molecule has 3 aromatic rings. The summed E-state index contributed by atoms with van der Waals surface area (Å²) in [6.45, 7) is 11.4. The normalized spacial score (nSPS) is 18.5. The lowest BCUT2D eigenvalue weighted by atomic mass is 9.88. The molecule has 0 aliphatic carbocycles. The Bertz CT molecular complexity index is 1580. The summed E-state index contributed by atoms with van der Waals surface area (Å²) in [6, 6.07) is 25.4. The Hall–Kier alpha value is -4.23. The predicted octanol–water partition coefficient (Wildman–Crippen LogP) is 6.74. The molecule has 0 saturated carbocycles. The average Bonchev–Trinajstić information content (AvgIpc) is 3.44. The van der Waals surface area contributed by atoms with Gasteiger partial charge in [0.1, 0.15) is 5.60 Å². The Morgan fingerprint density at radius 3 is 1.89 bits per heavy atom. The van der Waals surface area contributed by atoms with Crippen molar-refractivity contribution in [2.24, 2.45) is 5.92 Å². The summed E-state index contributed by atoms with van der Waals surface area (Å²) in [5.74, 6) is 1.26. The van der Waals surface area contributed by atoms with Crippen LogP contribution in [0.1, 0.15) is 88.7 Å². The first-order valence-electron chi connectivity index (χ1n) is 16.6. The molecule has 7 heteroatoms. The number of piperidine rings is 2. The van der Waals surface area contributed by atoms with Gasteiger partial charge in [-0.05, 0) is 62.4 Å². The average molecular weight is 620 g/mol. The minimum atomic E-state index is -0.189. The third kappa shape index (κ3) is 7.10. The second-order valence-electron chi connectivity index (χ2n) is 13.5. The van der Waals surface area contributed by atoms with Gasteiger partial charge in [-0.1, -0.05) is 66.7 Å². The molecule has 1 amide bonds. The van der Waals surface area contributed by atoms with Gasteiger partial charge in [0.15, 0.2) is 17.4 Å². The summed E-state index contributed by atoms with van der Waals surface area (Å²) < 4.78 is 6.73. The molecule has 0 bridgehead atoms. The number of nitrogens with zero attached hydrogens (tertiary/aromatic N) is 3. The fourth-order valence-corrected chi connectivity index (χ4v) is 7.09. The Balaban J connectivity index is 1.02. The summed E-state index contributed by atoms with van der Waals surface area (Å²) in [7, 11) is 0. The minimum Gasteiger partial charge on any atom is -0.471 e. The number of benzene rings is 3. The van der Waals surface area contributed by atoms with Crippen molar-refractivity contribution in [3.05, 3.63) is 118 Å².